The Kier molecular flexibility index (Phi) is 5.12. The van der Waals surface area contributed by atoms with Gasteiger partial charge < -0.3 is 14.7 Å². The third kappa shape index (κ3) is 3.43. The molecule has 1 N–H and O–H groups in total. The van der Waals surface area contributed by atoms with Gasteiger partial charge in [0.2, 0.25) is 5.91 Å². The Morgan fingerprint density at radius 1 is 1.41 bits per heavy atom. The van der Waals surface area contributed by atoms with Crippen molar-refractivity contribution in [3.05, 3.63) is 29.8 Å². The van der Waals surface area contributed by atoms with Crippen LogP contribution in [0.3, 0.4) is 0 Å². The Morgan fingerprint density at radius 2 is 2.05 bits per heavy atom. The van der Waals surface area contributed by atoms with Gasteiger partial charge >= 0.3 is 0 Å². The second kappa shape index (κ2) is 6.69. The fourth-order valence-electron chi connectivity index (χ4n) is 3.35. The average molecular weight is 305 g/mol. The quantitative estimate of drug-likeness (QED) is 0.910. The molecular weight excluding hydrogens is 278 g/mol. The number of aliphatic hydroxyl groups is 1. The summed E-state index contributed by atoms with van der Waals surface area (Å²) in [4.78, 5) is 14.8. The van der Waals surface area contributed by atoms with Crippen molar-refractivity contribution in [1.82, 2.24) is 4.90 Å². The summed E-state index contributed by atoms with van der Waals surface area (Å²) in [5, 5.41) is 10.3. The number of rotatable bonds is 5. The Labute approximate surface area is 133 Å². The minimum absolute atomic E-state index is 0.0905. The Morgan fingerprint density at radius 3 is 2.55 bits per heavy atom. The molecule has 2 rings (SSSR count). The fourth-order valence-corrected chi connectivity index (χ4v) is 3.35. The maximum atomic E-state index is 13.0. The predicted molar refractivity (Wildman–Crippen MR) is 87.1 cm³/mol. The van der Waals surface area contributed by atoms with Crippen LogP contribution in [0.5, 0.6) is 5.75 Å². The van der Waals surface area contributed by atoms with Crippen LogP contribution in [0.2, 0.25) is 0 Å². The molecule has 22 heavy (non-hydrogen) atoms. The lowest BCUT2D eigenvalue weighted by molar-refractivity contribution is -0.138. The van der Waals surface area contributed by atoms with E-state index in [0.717, 1.165) is 37.1 Å². The van der Waals surface area contributed by atoms with Crippen LogP contribution in [0.1, 0.15) is 51.5 Å². The van der Waals surface area contributed by atoms with E-state index < -0.39 is 5.60 Å². The van der Waals surface area contributed by atoms with E-state index in [1.807, 2.05) is 36.1 Å². The van der Waals surface area contributed by atoms with Gasteiger partial charge in [-0.2, -0.15) is 0 Å². The van der Waals surface area contributed by atoms with Crippen LogP contribution >= 0.6 is 0 Å². The van der Waals surface area contributed by atoms with Crippen LogP contribution in [0, 0.1) is 0 Å². The standard InChI is InChI=1S/C18H27NO3/c1-5-15(13-8-10-14(22-4)11-9-13)17(20)19-12-6-7-16(19)18(2,3)21/h8-11,15-16,21H,5-7,12H2,1-4H3/t15-,16+/m0/s1. The predicted octanol–water partition coefficient (Wildman–Crippen LogP) is 2.95. The highest BCUT2D eigenvalue weighted by Crippen LogP contribution is 2.32. The van der Waals surface area contributed by atoms with Crippen LogP contribution in [0.15, 0.2) is 24.3 Å². The van der Waals surface area contributed by atoms with E-state index in [4.69, 9.17) is 4.74 Å². The first-order valence-corrected chi connectivity index (χ1v) is 8.05. The second-order valence-electron chi connectivity index (χ2n) is 6.58. The number of methoxy groups -OCH3 is 1. The minimum Gasteiger partial charge on any atom is -0.497 e. The van der Waals surface area contributed by atoms with E-state index >= 15 is 0 Å². The number of nitrogens with zero attached hydrogens (tertiary/aromatic N) is 1. The molecule has 1 fully saturated rings. The zero-order valence-electron chi connectivity index (χ0n) is 14.0. The van der Waals surface area contributed by atoms with Crippen molar-refractivity contribution >= 4 is 5.91 Å². The summed E-state index contributed by atoms with van der Waals surface area (Å²) in [6.07, 6.45) is 2.58. The molecule has 1 aromatic carbocycles. The molecule has 1 heterocycles. The first kappa shape index (κ1) is 16.8. The van der Waals surface area contributed by atoms with Crippen molar-refractivity contribution in [3.8, 4) is 5.75 Å². The molecule has 1 aliphatic rings. The zero-order valence-corrected chi connectivity index (χ0v) is 14.0. The largest absolute Gasteiger partial charge is 0.497 e. The van der Waals surface area contributed by atoms with Gasteiger partial charge in [-0.3, -0.25) is 4.79 Å². The van der Waals surface area contributed by atoms with E-state index in [1.54, 1.807) is 21.0 Å². The fraction of sp³-hybridized carbons (Fsp3) is 0.611. The van der Waals surface area contributed by atoms with Crippen LogP contribution < -0.4 is 4.74 Å². The average Bonchev–Trinajstić information content (AvgIpc) is 2.98. The lowest BCUT2D eigenvalue weighted by Crippen LogP contribution is -2.49. The van der Waals surface area contributed by atoms with E-state index in [1.165, 1.54) is 0 Å². The number of carbonyl (C=O) groups excluding carboxylic acids is 1. The molecule has 0 saturated carbocycles. The number of amides is 1. The number of benzene rings is 1. The van der Waals surface area contributed by atoms with E-state index in [2.05, 4.69) is 0 Å². The van der Waals surface area contributed by atoms with E-state index in [9.17, 15) is 9.90 Å². The van der Waals surface area contributed by atoms with Crippen molar-refractivity contribution in [1.29, 1.82) is 0 Å². The van der Waals surface area contributed by atoms with Crippen LogP contribution in [-0.4, -0.2) is 41.2 Å². The van der Waals surface area contributed by atoms with E-state index in [0.29, 0.717) is 0 Å². The second-order valence-corrected chi connectivity index (χ2v) is 6.58. The first-order valence-electron chi connectivity index (χ1n) is 8.05. The number of hydrogen-bond donors (Lipinski definition) is 1. The SMILES string of the molecule is CC[C@H](C(=O)N1CCC[C@@H]1C(C)(C)O)c1ccc(OC)cc1. The summed E-state index contributed by atoms with van der Waals surface area (Å²) < 4.78 is 5.18. The van der Waals surface area contributed by atoms with Gasteiger partial charge in [-0.15, -0.1) is 0 Å². The molecule has 4 nitrogen and oxygen atoms in total. The summed E-state index contributed by atoms with van der Waals surface area (Å²) in [6.45, 7) is 6.34. The third-order valence-corrected chi connectivity index (χ3v) is 4.58. The number of ether oxygens (including phenoxy) is 1. The molecule has 2 atom stereocenters. The van der Waals surface area contributed by atoms with Crippen molar-refractivity contribution < 1.29 is 14.6 Å². The van der Waals surface area contributed by atoms with Crippen LogP contribution in [0.4, 0.5) is 0 Å². The highest BCUT2D eigenvalue weighted by atomic mass is 16.5. The molecule has 1 aromatic rings. The third-order valence-electron chi connectivity index (χ3n) is 4.58. The highest BCUT2D eigenvalue weighted by molar-refractivity contribution is 5.84. The normalized spacial score (nSPS) is 20.0. The molecule has 4 heteroatoms. The van der Waals surface area contributed by atoms with Gasteiger partial charge in [0.05, 0.1) is 24.7 Å². The molecule has 1 aliphatic heterocycles. The first-order chi connectivity index (χ1) is 10.4. The van der Waals surface area contributed by atoms with Gasteiger partial charge in [-0.25, -0.2) is 0 Å². The minimum atomic E-state index is -0.857. The van der Waals surface area contributed by atoms with Gasteiger partial charge in [0.1, 0.15) is 5.75 Å². The number of likely N-dealkylation sites (tertiary alicyclic amines) is 1. The highest BCUT2D eigenvalue weighted by Gasteiger charge is 2.40. The lowest BCUT2D eigenvalue weighted by Gasteiger charge is -2.35. The van der Waals surface area contributed by atoms with Gasteiger partial charge in [0.25, 0.3) is 0 Å². The van der Waals surface area contributed by atoms with Crippen LogP contribution in [0.25, 0.3) is 0 Å². The van der Waals surface area contributed by atoms with Gasteiger partial charge in [0.15, 0.2) is 0 Å². The van der Waals surface area contributed by atoms with Crippen molar-refractivity contribution in [2.75, 3.05) is 13.7 Å². The molecule has 0 bridgehead atoms. The van der Waals surface area contributed by atoms with Crippen molar-refractivity contribution in [2.45, 2.75) is 57.6 Å². The maximum absolute atomic E-state index is 13.0. The monoisotopic (exact) mass is 305 g/mol. The van der Waals surface area contributed by atoms with E-state index in [-0.39, 0.29) is 17.9 Å². The number of hydrogen-bond acceptors (Lipinski definition) is 3. The van der Waals surface area contributed by atoms with Gasteiger partial charge in [-0.05, 0) is 50.8 Å². The van der Waals surface area contributed by atoms with Crippen molar-refractivity contribution in [3.63, 3.8) is 0 Å². The van der Waals surface area contributed by atoms with Crippen LogP contribution in [-0.2, 0) is 4.79 Å². The smallest absolute Gasteiger partial charge is 0.230 e. The molecular formula is C18H27NO3. The van der Waals surface area contributed by atoms with Crippen molar-refractivity contribution in [2.24, 2.45) is 0 Å². The molecule has 1 amide bonds. The molecule has 0 radical (unpaired) electrons. The molecule has 0 aliphatic carbocycles. The summed E-state index contributed by atoms with van der Waals surface area (Å²) >= 11 is 0. The number of carbonyl (C=O) groups is 1. The Bertz CT molecular complexity index is 504. The molecule has 122 valence electrons. The Balaban J connectivity index is 2.20. The zero-order chi connectivity index (χ0) is 16.3. The maximum Gasteiger partial charge on any atom is 0.230 e. The molecule has 1 saturated heterocycles. The Hall–Kier alpha value is -1.55. The topological polar surface area (TPSA) is 49.8 Å². The summed E-state index contributed by atoms with van der Waals surface area (Å²) in [5.74, 6) is 0.757. The van der Waals surface area contributed by atoms with Gasteiger partial charge in [-0.1, -0.05) is 19.1 Å². The molecule has 0 aromatic heterocycles. The summed E-state index contributed by atoms with van der Waals surface area (Å²) in [5.41, 5.74) is 0.152. The lowest BCUT2D eigenvalue weighted by atomic mass is 9.92. The molecule has 0 spiro atoms. The molecule has 0 unspecified atom stereocenters. The van der Waals surface area contributed by atoms with Gasteiger partial charge in [0, 0.05) is 6.54 Å². The summed E-state index contributed by atoms with van der Waals surface area (Å²) in [6, 6.07) is 7.61. The summed E-state index contributed by atoms with van der Waals surface area (Å²) in [7, 11) is 1.63.